The summed E-state index contributed by atoms with van der Waals surface area (Å²) in [5.41, 5.74) is 2.38. The molecule has 2 aromatic heterocycles. The molecule has 2 nitrogen and oxygen atoms in total. The summed E-state index contributed by atoms with van der Waals surface area (Å²) in [4.78, 5) is 2.89. The SMILES string of the molecule is C=C1C(=C)[C@@H](N(CCc2cccs2)SI)[C@@H]1N(CCc1cccs1)SI. The summed E-state index contributed by atoms with van der Waals surface area (Å²) >= 11 is 8.49. The molecule has 8 heteroatoms. The van der Waals surface area contributed by atoms with Crippen LogP contribution in [0.5, 0.6) is 0 Å². The van der Waals surface area contributed by atoms with Crippen LogP contribution in [0.25, 0.3) is 0 Å². The van der Waals surface area contributed by atoms with Crippen LogP contribution in [0.2, 0.25) is 0 Å². The monoisotopic (exact) mass is 646 g/mol. The van der Waals surface area contributed by atoms with Gasteiger partial charge in [-0.15, -0.1) is 22.7 Å². The van der Waals surface area contributed by atoms with E-state index in [9.17, 15) is 0 Å². The van der Waals surface area contributed by atoms with E-state index in [1.807, 2.05) is 22.7 Å². The van der Waals surface area contributed by atoms with Gasteiger partial charge in [0.05, 0.1) is 12.1 Å². The summed E-state index contributed by atoms with van der Waals surface area (Å²) in [6.45, 7) is 10.7. The van der Waals surface area contributed by atoms with E-state index in [1.165, 1.54) is 20.9 Å². The highest BCUT2D eigenvalue weighted by atomic mass is 127. The van der Waals surface area contributed by atoms with Gasteiger partial charge >= 0.3 is 0 Å². The Labute approximate surface area is 196 Å². The first-order chi connectivity index (χ1) is 12.7. The van der Waals surface area contributed by atoms with Gasteiger partial charge < -0.3 is 0 Å². The fourth-order valence-corrected chi connectivity index (χ4v) is 8.14. The van der Waals surface area contributed by atoms with Gasteiger partial charge in [-0.3, -0.25) is 0 Å². The van der Waals surface area contributed by atoms with Crippen molar-refractivity contribution in [1.82, 2.24) is 8.61 Å². The highest BCUT2D eigenvalue weighted by molar-refractivity contribution is 14.2. The standard InChI is InChI=1S/C18H20I2N2S4/c1-13-14(2)18(22(26-20)10-8-16-6-4-12-24-16)17(13)21(25-19)9-7-15-5-3-11-23-15/h3-6,11-12,17-18H,1-2,7-10H2/t17-,18-/m1/s1. The molecule has 0 bridgehead atoms. The lowest BCUT2D eigenvalue weighted by Gasteiger charge is -2.50. The first-order valence-corrected chi connectivity index (χ1v) is 16.6. The fourth-order valence-electron chi connectivity index (χ4n) is 3.11. The first kappa shape index (κ1) is 21.7. The van der Waals surface area contributed by atoms with Gasteiger partial charge in [-0.05, 0) is 65.1 Å². The zero-order valence-corrected chi connectivity index (χ0v) is 21.7. The Morgan fingerprint density at radius 1 is 0.846 bits per heavy atom. The molecule has 0 radical (unpaired) electrons. The molecule has 0 amide bonds. The van der Waals surface area contributed by atoms with E-state index in [1.54, 1.807) is 18.2 Å². The van der Waals surface area contributed by atoms with E-state index in [4.69, 9.17) is 0 Å². The minimum absolute atomic E-state index is 0.343. The zero-order chi connectivity index (χ0) is 18.5. The van der Waals surface area contributed by atoms with Crippen molar-refractivity contribution < 1.29 is 0 Å². The molecule has 1 aliphatic rings. The third-order valence-electron chi connectivity index (χ3n) is 4.54. The molecule has 0 N–H and O–H groups in total. The minimum Gasteiger partial charge on any atom is -0.232 e. The maximum Gasteiger partial charge on any atom is 0.0663 e. The molecule has 2 heterocycles. The van der Waals surface area contributed by atoms with Crippen molar-refractivity contribution in [3.05, 3.63) is 69.1 Å². The number of halogens is 2. The number of rotatable bonds is 10. The van der Waals surface area contributed by atoms with Crippen molar-refractivity contribution >= 4 is 83.3 Å². The Balaban J connectivity index is 1.65. The number of hydrogen-bond acceptors (Lipinski definition) is 6. The normalized spacial score (nSPS) is 20.2. The van der Waals surface area contributed by atoms with E-state index in [2.05, 4.69) is 99.2 Å². The third kappa shape index (κ3) is 5.11. The molecule has 0 spiro atoms. The predicted octanol–water partition coefficient (Wildman–Crippen LogP) is 7.06. The van der Waals surface area contributed by atoms with Crippen LogP contribution in [0, 0.1) is 0 Å². The Morgan fingerprint density at radius 3 is 1.58 bits per heavy atom. The van der Waals surface area contributed by atoms with Crippen LogP contribution < -0.4 is 0 Å². The largest absolute Gasteiger partial charge is 0.232 e. The summed E-state index contributed by atoms with van der Waals surface area (Å²) in [6, 6.07) is 9.40. The molecule has 26 heavy (non-hydrogen) atoms. The third-order valence-corrected chi connectivity index (χ3v) is 10.6. The van der Waals surface area contributed by atoms with E-state index in [-0.39, 0.29) is 0 Å². The number of hydrogen-bond donors (Lipinski definition) is 0. The lowest BCUT2D eigenvalue weighted by atomic mass is 9.76. The van der Waals surface area contributed by atoms with Gasteiger partial charge in [-0.2, -0.15) is 0 Å². The number of thiophene rings is 2. The molecule has 0 aliphatic heterocycles. The molecule has 1 aliphatic carbocycles. The highest BCUT2D eigenvalue weighted by Gasteiger charge is 2.46. The summed E-state index contributed by atoms with van der Waals surface area (Å²) in [7, 11) is 3.60. The maximum atomic E-state index is 4.32. The second-order valence-electron chi connectivity index (χ2n) is 6.02. The highest BCUT2D eigenvalue weighted by Crippen LogP contribution is 2.45. The summed E-state index contributed by atoms with van der Waals surface area (Å²) < 4.78 is 4.96. The van der Waals surface area contributed by atoms with Crippen molar-refractivity contribution in [2.75, 3.05) is 13.1 Å². The molecule has 1 fully saturated rings. The van der Waals surface area contributed by atoms with Crippen molar-refractivity contribution in [2.45, 2.75) is 24.9 Å². The van der Waals surface area contributed by atoms with Crippen molar-refractivity contribution in [3.63, 3.8) is 0 Å². The molecular formula is C18H20I2N2S4. The quantitative estimate of drug-likeness (QED) is 0.202. The predicted molar refractivity (Wildman–Crippen MR) is 139 cm³/mol. The van der Waals surface area contributed by atoms with Gasteiger partial charge in [-0.1, -0.05) is 25.3 Å². The lowest BCUT2D eigenvalue weighted by Crippen LogP contribution is -2.57. The van der Waals surface area contributed by atoms with Crippen molar-refractivity contribution in [1.29, 1.82) is 0 Å². The van der Waals surface area contributed by atoms with E-state index >= 15 is 0 Å². The fraction of sp³-hybridized carbons (Fsp3) is 0.333. The Morgan fingerprint density at radius 2 is 1.27 bits per heavy atom. The Bertz CT molecular complexity index is 655. The first-order valence-electron chi connectivity index (χ1n) is 8.19. The lowest BCUT2D eigenvalue weighted by molar-refractivity contribution is 0.232. The molecule has 3 rings (SSSR count). The van der Waals surface area contributed by atoms with Gasteiger partial charge in [0.2, 0.25) is 0 Å². The van der Waals surface area contributed by atoms with E-state index in [0.717, 1.165) is 25.9 Å². The van der Waals surface area contributed by atoms with Crippen molar-refractivity contribution in [3.8, 4) is 0 Å². The van der Waals surface area contributed by atoms with Crippen molar-refractivity contribution in [2.24, 2.45) is 0 Å². The smallest absolute Gasteiger partial charge is 0.0663 e. The molecule has 1 saturated carbocycles. The Kier molecular flexibility index (Phi) is 8.88. The zero-order valence-electron chi connectivity index (χ0n) is 14.1. The second kappa shape index (κ2) is 10.7. The minimum atomic E-state index is 0.343. The topological polar surface area (TPSA) is 6.48 Å². The maximum absolute atomic E-state index is 4.32. The molecule has 0 unspecified atom stereocenters. The van der Waals surface area contributed by atoms with Gasteiger partial charge in [0.15, 0.2) is 0 Å². The van der Waals surface area contributed by atoms with Gasteiger partial charge in [-0.25, -0.2) is 8.61 Å². The molecular weight excluding hydrogens is 626 g/mol. The molecule has 140 valence electrons. The van der Waals surface area contributed by atoms with Crippen LogP contribution in [0.15, 0.2) is 59.3 Å². The molecule has 0 aromatic carbocycles. The second-order valence-corrected chi connectivity index (χ2v) is 11.7. The summed E-state index contributed by atoms with van der Waals surface area (Å²) in [5.74, 6) is 0. The van der Waals surface area contributed by atoms with E-state index < -0.39 is 0 Å². The van der Waals surface area contributed by atoms with Crippen LogP contribution >= 0.6 is 83.3 Å². The molecule has 2 atom stereocenters. The van der Waals surface area contributed by atoms with Crippen LogP contribution in [0.1, 0.15) is 9.75 Å². The number of nitrogens with zero attached hydrogens (tertiary/aromatic N) is 2. The Hall–Kier alpha value is 0.960. The average molecular weight is 646 g/mol. The molecule has 2 aromatic rings. The summed E-state index contributed by atoms with van der Waals surface area (Å²) in [6.07, 6.45) is 2.17. The van der Waals surface area contributed by atoms with E-state index in [0.29, 0.717) is 12.1 Å². The van der Waals surface area contributed by atoms with Gasteiger partial charge in [0.25, 0.3) is 0 Å². The van der Waals surface area contributed by atoms with Crippen LogP contribution in [-0.2, 0) is 12.8 Å². The van der Waals surface area contributed by atoms with Gasteiger partial charge in [0.1, 0.15) is 0 Å². The molecule has 0 saturated heterocycles. The van der Waals surface area contributed by atoms with Crippen LogP contribution in [-0.4, -0.2) is 33.8 Å². The summed E-state index contributed by atoms with van der Waals surface area (Å²) in [5, 5.41) is 4.31. The van der Waals surface area contributed by atoms with Gasteiger partial charge in [0, 0.05) is 65.3 Å². The average Bonchev–Trinajstić information content (AvgIpc) is 3.36. The van der Waals surface area contributed by atoms with Crippen LogP contribution in [0.4, 0.5) is 0 Å². The van der Waals surface area contributed by atoms with Crippen LogP contribution in [0.3, 0.4) is 0 Å².